The molecule has 134 valence electrons. The van der Waals surface area contributed by atoms with Crippen molar-refractivity contribution >= 4 is 29.8 Å². The fourth-order valence-electron chi connectivity index (χ4n) is 2.49. The minimum atomic E-state index is -0.326. The maximum atomic E-state index is 12.7. The summed E-state index contributed by atoms with van der Waals surface area (Å²) in [6, 6.07) is 13.2. The Hall–Kier alpha value is -2.65. The number of hydrogen-bond donors (Lipinski definition) is 1. The van der Waals surface area contributed by atoms with E-state index in [0.29, 0.717) is 10.6 Å². The fraction of sp³-hybridized carbons (Fsp3) is 0.182. The standard InChI is InChI=1S/C22H23ClN2O/c1-6-15(14-24-5)17-11-18(16-7-9-20(23)10-8-16)13-19(12-17)21(26)25-22(2,3)4/h6-14H,1,5H2,2-4H3,(H,25,26)/b15-14+. The molecule has 2 rings (SSSR count). The molecule has 0 aromatic heterocycles. The van der Waals surface area contributed by atoms with Crippen molar-refractivity contribution in [2.75, 3.05) is 0 Å². The predicted octanol–water partition coefficient (Wildman–Crippen LogP) is 5.76. The molecule has 0 bridgehead atoms. The van der Waals surface area contributed by atoms with E-state index >= 15 is 0 Å². The average molecular weight is 367 g/mol. The number of allylic oxidation sites excluding steroid dienone is 2. The van der Waals surface area contributed by atoms with Crippen molar-refractivity contribution in [3.8, 4) is 11.1 Å². The summed E-state index contributed by atoms with van der Waals surface area (Å²) in [5.41, 5.74) is 3.76. The first-order chi connectivity index (χ1) is 12.2. The number of nitrogens with one attached hydrogen (secondary N) is 1. The first kappa shape index (κ1) is 19.7. The van der Waals surface area contributed by atoms with Crippen LogP contribution in [0.2, 0.25) is 5.02 Å². The molecule has 0 aliphatic heterocycles. The van der Waals surface area contributed by atoms with Crippen LogP contribution in [0.25, 0.3) is 16.7 Å². The third-order valence-corrected chi connectivity index (χ3v) is 3.90. The lowest BCUT2D eigenvalue weighted by Gasteiger charge is -2.21. The lowest BCUT2D eigenvalue weighted by atomic mass is 9.95. The Morgan fingerprint density at radius 3 is 2.23 bits per heavy atom. The highest BCUT2D eigenvalue weighted by Gasteiger charge is 2.17. The molecule has 0 unspecified atom stereocenters. The Kier molecular flexibility index (Phi) is 6.17. The van der Waals surface area contributed by atoms with Crippen molar-refractivity contribution in [2.45, 2.75) is 26.3 Å². The zero-order chi connectivity index (χ0) is 19.3. The molecule has 4 heteroatoms. The molecule has 3 nitrogen and oxygen atoms in total. The van der Waals surface area contributed by atoms with Gasteiger partial charge in [0.2, 0.25) is 0 Å². The van der Waals surface area contributed by atoms with Crippen molar-refractivity contribution < 1.29 is 4.79 Å². The first-order valence-corrected chi connectivity index (χ1v) is 8.63. The highest BCUT2D eigenvalue weighted by Crippen LogP contribution is 2.28. The molecule has 0 aliphatic rings. The summed E-state index contributed by atoms with van der Waals surface area (Å²) in [5, 5.41) is 3.66. The number of carbonyl (C=O) groups is 1. The van der Waals surface area contributed by atoms with E-state index in [9.17, 15) is 4.79 Å². The van der Waals surface area contributed by atoms with Crippen LogP contribution in [0.15, 0.2) is 66.3 Å². The summed E-state index contributed by atoms with van der Waals surface area (Å²) in [6.07, 6.45) is 3.32. The summed E-state index contributed by atoms with van der Waals surface area (Å²) >= 11 is 5.99. The Bertz CT molecular complexity index is 859. The highest BCUT2D eigenvalue weighted by molar-refractivity contribution is 6.30. The predicted molar refractivity (Wildman–Crippen MR) is 112 cm³/mol. The molecule has 26 heavy (non-hydrogen) atoms. The van der Waals surface area contributed by atoms with Crippen molar-refractivity contribution in [3.05, 3.63) is 77.5 Å². The number of halogens is 1. The van der Waals surface area contributed by atoms with Crippen LogP contribution in [0, 0.1) is 0 Å². The minimum absolute atomic E-state index is 0.135. The monoisotopic (exact) mass is 366 g/mol. The largest absolute Gasteiger partial charge is 0.347 e. The normalized spacial score (nSPS) is 11.8. The molecule has 0 heterocycles. The summed E-state index contributed by atoms with van der Waals surface area (Å²) < 4.78 is 0. The van der Waals surface area contributed by atoms with Crippen LogP contribution in [0.4, 0.5) is 0 Å². The summed E-state index contributed by atoms with van der Waals surface area (Å²) in [4.78, 5) is 16.5. The van der Waals surface area contributed by atoms with Crippen LogP contribution in [0.5, 0.6) is 0 Å². The van der Waals surface area contributed by atoms with Crippen molar-refractivity contribution in [1.29, 1.82) is 0 Å². The van der Waals surface area contributed by atoms with Gasteiger partial charge in [-0.2, -0.15) is 0 Å². The van der Waals surface area contributed by atoms with Crippen LogP contribution in [-0.2, 0) is 0 Å². The molecule has 2 aromatic rings. The van der Waals surface area contributed by atoms with E-state index < -0.39 is 0 Å². The highest BCUT2D eigenvalue weighted by atomic mass is 35.5. The molecular formula is C22H23ClN2O. The Morgan fingerprint density at radius 2 is 1.69 bits per heavy atom. The van der Waals surface area contributed by atoms with E-state index in [-0.39, 0.29) is 11.4 Å². The van der Waals surface area contributed by atoms with E-state index in [1.807, 2.05) is 63.2 Å². The third-order valence-electron chi connectivity index (χ3n) is 3.64. The molecule has 0 fully saturated rings. The van der Waals surface area contributed by atoms with Crippen LogP contribution in [0.1, 0.15) is 36.7 Å². The van der Waals surface area contributed by atoms with Crippen LogP contribution < -0.4 is 5.32 Å². The third kappa shape index (κ3) is 5.17. The molecule has 0 radical (unpaired) electrons. The number of benzene rings is 2. The number of rotatable bonds is 5. The zero-order valence-electron chi connectivity index (χ0n) is 15.3. The van der Waals surface area contributed by atoms with Crippen LogP contribution in [-0.4, -0.2) is 18.2 Å². The van der Waals surface area contributed by atoms with Gasteiger partial charge in [-0.15, -0.1) is 0 Å². The van der Waals surface area contributed by atoms with Crippen LogP contribution >= 0.6 is 11.6 Å². The van der Waals surface area contributed by atoms with Gasteiger partial charge in [0, 0.05) is 22.3 Å². The summed E-state index contributed by atoms with van der Waals surface area (Å²) in [5.74, 6) is -0.135. The second-order valence-corrected chi connectivity index (χ2v) is 7.42. The SMILES string of the molecule is C=C/C(=C\N=C)c1cc(C(=O)NC(C)(C)C)cc(-c2ccc(Cl)cc2)c1. The molecule has 1 amide bonds. The number of nitrogens with zero attached hydrogens (tertiary/aromatic N) is 1. The minimum Gasteiger partial charge on any atom is -0.347 e. The van der Waals surface area contributed by atoms with E-state index in [1.165, 1.54) is 0 Å². The van der Waals surface area contributed by atoms with Gasteiger partial charge in [-0.1, -0.05) is 36.4 Å². The Balaban J connectivity index is 2.60. The summed E-state index contributed by atoms with van der Waals surface area (Å²) in [6.45, 7) is 13.2. The molecule has 0 spiro atoms. The first-order valence-electron chi connectivity index (χ1n) is 8.26. The molecule has 0 saturated carbocycles. The molecule has 0 atom stereocenters. The summed E-state index contributed by atoms with van der Waals surface area (Å²) in [7, 11) is 0. The Labute approximate surface area is 160 Å². The van der Waals surface area contributed by atoms with Gasteiger partial charge in [0.15, 0.2) is 0 Å². The van der Waals surface area contributed by atoms with Crippen molar-refractivity contribution in [1.82, 2.24) is 5.32 Å². The quantitative estimate of drug-likeness (QED) is 0.530. The van der Waals surface area contributed by atoms with Gasteiger partial charge in [-0.05, 0) is 80.1 Å². The van der Waals surface area contributed by atoms with Gasteiger partial charge in [0.05, 0.1) is 0 Å². The molecular weight excluding hydrogens is 344 g/mol. The number of carbonyl (C=O) groups excluding carboxylic acids is 1. The van der Waals surface area contributed by atoms with E-state index in [2.05, 4.69) is 23.6 Å². The van der Waals surface area contributed by atoms with Gasteiger partial charge in [-0.3, -0.25) is 9.79 Å². The van der Waals surface area contributed by atoms with E-state index in [0.717, 1.165) is 22.3 Å². The van der Waals surface area contributed by atoms with Gasteiger partial charge in [0.1, 0.15) is 0 Å². The van der Waals surface area contributed by atoms with Gasteiger partial charge in [0.25, 0.3) is 5.91 Å². The van der Waals surface area contributed by atoms with Gasteiger partial charge in [-0.25, -0.2) is 0 Å². The number of aliphatic imine (C=N–C) groups is 1. The molecule has 1 N–H and O–H groups in total. The second-order valence-electron chi connectivity index (χ2n) is 6.98. The maximum Gasteiger partial charge on any atom is 0.251 e. The number of amides is 1. The second kappa shape index (κ2) is 8.15. The lowest BCUT2D eigenvalue weighted by molar-refractivity contribution is 0.0919. The molecule has 0 aliphatic carbocycles. The number of hydrogen-bond acceptors (Lipinski definition) is 2. The fourth-order valence-corrected chi connectivity index (χ4v) is 2.62. The van der Waals surface area contributed by atoms with Crippen molar-refractivity contribution in [3.63, 3.8) is 0 Å². The average Bonchev–Trinajstić information content (AvgIpc) is 2.58. The maximum absolute atomic E-state index is 12.7. The van der Waals surface area contributed by atoms with E-state index in [1.54, 1.807) is 12.3 Å². The van der Waals surface area contributed by atoms with Gasteiger partial charge < -0.3 is 5.32 Å². The van der Waals surface area contributed by atoms with E-state index in [4.69, 9.17) is 11.6 Å². The molecule has 0 saturated heterocycles. The molecule has 2 aromatic carbocycles. The Morgan fingerprint density at radius 1 is 1.08 bits per heavy atom. The smallest absolute Gasteiger partial charge is 0.251 e. The van der Waals surface area contributed by atoms with Crippen molar-refractivity contribution in [2.24, 2.45) is 4.99 Å². The van der Waals surface area contributed by atoms with Crippen LogP contribution in [0.3, 0.4) is 0 Å². The lowest BCUT2D eigenvalue weighted by Crippen LogP contribution is -2.40. The zero-order valence-corrected chi connectivity index (χ0v) is 16.1. The van der Waals surface area contributed by atoms with Gasteiger partial charge >= 0.3 is 0 Å². The topological polar surface area (TPSA) is 41.5 Å².